The third-order valence-electron chi connectivity index (χ3n) is 3.35. The van der Waals surface area contributed by atoms with Gasteiger partial charge in [0.1, 0.15) is 12.4 Å². The van der Waals surface area contributed by atoms with Gasteiger partial charge in [0, 0.05) is 32.2 Å². The number of para-hydroxylation sites is 1. The Morgan fingerprint density at radius 2 is 2.00 bits per heavy atom. The maximum atomic E-state index is 5.89. The van der Waals surface area contributed by atoms with Gasteiger partial charge in [-0.2, -0.15) is 0 Å². The standard InChI is InChI=1S/C14H22N2O/c1-12-5-3-4-6-14(12)17-11-13(2)16-9-7-15-8-10-16/h3-6,13,15H,7-11H2,1-2H3. The summed E-state index contributed by atoms with van der Waals surface area (Å²) < 4.78 is 5.89. The first-order chi connectivity index (χ1) is 8.27. The van der Waals surface area contributed by atoms with Crippen LogP contribution in [-0.4, -0.2) is 43.7 Å². The topological polar surface area (TPSA) is 24.5 Å². The van der Waals surface area contributed by atoms with Crippen molar-refractivity contribution >= 4 is 0 Å². The number of nitrogens with one attached hydrogen (secondary N) is 1. The molecule has 1 aromatic rings. The maximum Gasteiger partial charge on any atom is 0.122 e. The molecule has 1 N–H and O–H groups in total. The number of ether oxygens (including phenoxy) is 1. The monoisotopic (exact) mass is 234 g/mol. The number of aryl methyl sites for hydroxylation is 1. The Balaban J connectivity index is 1.83. The van der Waals surface area contributed by atoms with E-state index in [9.17, 15) is 0 Å². The van der Waals surface area contributed by atoms with E-state index in [1.54, 1.807) is 0 Å². The van der Waals surface area contributed by atoms with Crippen LogP contribution < -0.4 is 10.1 Å². The van der Waals surface area contributed by atoms with E-state index >= 15 is 0 Å². The van der Waals surface area contributed by atoms with Crippen molar-refractivity contribution in [2.45, 2.75) is 19.9 Å². The van der Waals surface area contributed by atoms with Crippen LogP contribution in [-0.2, 0) is 0 Å². The molecule has 1 saturated heterocycles. The summed E-state index contributed by atoms with van der Waals surface area (Å²) in [7, 11) is 0. The van der Waals surface area contributed by atoms with Gasteiger partial charge in [-0.1, -0.05) is 18.2 Å². The van der Waals surface area contributed by atoms with Gasteiger partial charge in [0.15, 0.2) is 0 Å². The highest BCUT2D eigenvalue weighted by Crippen LogP contribution is 2.16. The average Bonchev–Trinajstić information content (AvgIpc) is 2.38. The zero-order valence-electron chi connectivity index (χ0n) is 10.8. The van der Waals surface area contributed by atoms with E-state index in [4.69, 9.17) is 4.74 Å². The second kappa shape index (κ2) is 6.03. The summed E-state index contributed by atoms with van der Waals surface area (Å²) in [6.07, 6.45) is 0. The quantitative estimate of drug-likeness (QED) is 0.857. The minimum atomic E-state index is 0.483. The van der Waals surface area contributed by atoms with Crippen LogP contribution in [0, 0.1) is 6.92 Å². The molecule has 1 heterocycles. The minimum Gasteiger partial charge on any atom is -0.492 e. The van der Waals surface area contributed by atoms with Crippen LogP contribution in [0.15, 0.2) is 24.3 Å². The zero-order chi connectivity index (χ0) is 12.1. The number of nitrogens with zero attached hydrogens (tertiary/aromatic N) is 1. The lowest BCUT2D eigenvalue weighted by Crippen LogP contribution is -2.49. The molecule has 0 amide bonds. The molecule has 0 aliphatic carbocycles. The van der Waals surface area contributed by atoms with Crippen LogP contribution in [0.3, 0.4) is 0 Å². The molecule has 2 rings (SSSR count). The van der Waals surface area contributed by atoms with E-state index in [1.165, 1.54) is 5.56 Å². The molecule has 1 fully saturated rings. The lowest BCUT2D eigenvalue weighted by atomic mass is 10.2. The van der Waals surface area contributed by atoms with Crippen molar-refractivity contribution in [3.63, 3.8) is 0 Å². The molecule has 1 aliphatic heterocycles. The van der Waals surface area contributed by atoms with Gasteiger partial charge in [-0.3, -0.25) is 4.90 Å². The van der Waals surface area contributed by atoms with Crippen molar-refractivity contribution in [3.8, 4) is 5.75 Å². The van der Waals surface area contributed by atoms with E-state index in [0.717, 1.165) is 38.5 Å². The van der Waals surface area contributed by atoms with E-state index in [0.29, 0.717) is 6.04 Å². The van der Waals surface area contributed by atoms with Gasteiger partial charge in [-0.15, -0.1) is 0 Å². The smallest absolute Gasteiger partial charge is 0.122 e. The number of hydrogen-bond donors (Lipinski definition) is 1. The van der Waals surface area contributed by atoms with Gasteiger partial charge in [0.2, 0.25) is 0 Å². The Morgan fingerprint density at radius 3 is 2.71 bits per heavy atom. The highest BCUT2D eigenvalue weighted by molar-refractivity contribution is 5.31. The second-order valence-electron chi connectivity index (χ2n) is 4.71. The van der Waals surface area contributed by atoms with Gasteiger partial charge >= 0.3 is 0 Å². The van der Waals surface area contributed by atoms with Crippen molar-refractivity contribution in [1.82, 2.24) is 10.2 Å². The molecule has 1 unspecified atom stereocenters. The predicted octanol–water partition coefficient (Wildman–Crippen LogP) is 1.67. The highest BCUT2D eigenvalue weighted by atomic mass is 16.5. The van der Waals surface area contributed by atoms with Crippen molar-refractivity contribution < 1.29 is 4.74 Å². The van der Waals surface area contributed by atoms with E-state index < -0.39 is 0 Å². The van der Waals surface area contributed by atoms with Crippen molar-refractivity contribution in [1.29, 1.82) is 0 Å². The normalized spacial score (nSPS) is 18.9. The fourth-order valence-corrected chi connectivity index (χ4v) is 2.16. The number of rotatable bonds is 4. The SMILES string of the molecule is Cc1ccccc1OCC(C)N1CCNCC1. The summed E-state index contributed by atoms with van der Waals surface area (Å²) in [5, 5.41) is 3.37. The molecule has 1 aliphatic rings. The number of hydrogen-bond acceptors (Lipinski definition) is 3. The van der Waals surface area contributed by atoms with Crippen LogP contribution in [0.25, 0.3) is 0 Å². The Hall–Kier alpha value is -1.06. The summed E-state index contributed by atoms with van der Waals surface area (Å²) in [6, 6.07) is 8.68. The summed E-state index contributed by atoms with van der Waals surface area (Å²) >= 11 is 0. The number of piperazine rings is 1. The summed E-state index contributed by atoms with van der Waals surface area (Å²) in [4.78, 5) is 2.48. The maximum absolute atomic E-state index is 5.89. The molecular weight excluding hydrogens is 212 g/mol. The molecule has 0 saturated carbocycles. The molecule has 3 nitrogen and oxygen atoms in total. The first-order valence-corrected chi connectivity index (χ1v) is 6.40. The highest BCUT2D eigenvalue weighted by Gasteiger charge is 2.16. The van der Waals surface area contributed by atoms with Crippen LogP contribution in [0.2, 0.25) is 0 Å². The van der Waals surface area contributed by atoms with Crippen LogP contribution in [0.4, 0.5) is 0 Å². The average molecular weight is 234 g/mol. The van der Waals surface area contributed by atoms with Crippen molar-refractivity contribution in [3.05, 3.63) is 29.8 Å². The molecule has 0 radical (unpaired) electrons. The first-order valence-electron chi connectivity index (χ1n) is 6.40. The third-order valence-corrected chi connectivity index (χ3v) is 3.35. The summed E-state index contributed by atoms with van der Waals surface area (Å²) in [6.45, 7) is 9.53. The lowest BCUT2D eigenvalue weighted by molar-refractivity contribution is 0.131. The Bertz CT molecular complexity index is 348. The molecular formula is C14H22N2O. The fraction of sp³-hybridized carbons (Fsp3) is 0.571. The van der Waals surface area contributed by atoms with Gasteiger partial charge in [0.25, 0.3) is 0 Å². The molecule has 1 aromatic carbocycles. The van der Waals surface area contributed by atoms with Gasteiger partial charge in [0.05, 0.1) is 0 Å². The van der Waals surface area contributed by atoms with Crippen molar-refractivity contribution in [2.75, 3.05) is 32.8 Å². The molecule has 17 heavy (non-hydrogen) atoms. The first kappa shape index (κ1) is 12.4. The largest absolute Gasteiger partial charge is 0.492 e. The zero-order valence-corrected chi connectivity index (χ0v) is 10.8. The third kappa shape index (κ3) is 3.45. The van der Waals surface area contributed by atoms with Gasteiger partial charge in [-0.05, 0) is 25.5 Å². The van der Waals surface area contributed by atoms with E-state index in [-0.39, 0.29) is 0 Å². The lowest BCUT2D eigenvalue weighted by Gasteiger charge is -2.32. The number of benzene rings is 1. The van der Waals surface area contributed by atoms with Crippen LogP contribution in [0.5, 0.6) is 5.75 Å². The Labute approximate surface area is 104 Å². The van der Waals surface area contributed by atoms with Crippen molar-refractivity contribution in [2.24, 2.45) is 0 Å². The predicted molar refractivity (Wildman–Crippen MR) is 70.6 cm³/mol. The second-order valence-corrected chi connectivity index (χ2v) is 4.71. The molecule has 0 spiro atoms. The van der Waals surface area contributed by atoms with Gasteiger partial charge < -0.3 is 10.1 Å². The summed E-state index contributed by atoms with van der Waals surface area (Å²) in [5.41, 5.74) is 1.21. The molecule has 1 atom stereocenters. The molecule has 94 valence electrons. The molecule has 0 aromatic heterocycles. The Morgan fingerprint density at radius 1 is 1.29 bits per heavy atom. The van der Waals surface area contributed by atoms with Crippen LogP contribution >= 0.6 is 0 Å². The molecule has 0 bridgehead atoms. The summed E-state index contributed by atoms with van der Waals surface area (Å²) in [5.74, 6) is 1.01. The van der Waals surface area contributed by atoms with E-state index in [1.807, 2.05) is 18.2 Å². The minimum absolute atomic E-state index is 0.483. The fourth-order valence-electron chi connectivity index (χ4n) is 2.16. The van der Waals surface area contributed by atoms with Gasteiger partial charge in [-0.25, -0.2) is 0 Å². The van der Waals surface area contributed by atoms with E-state index in [2.05, 4.69) is 30.1 Å². The Kier molecular flexibility index (Phi) is 4.40. The van der Waals surface area contributed by atoms with Crippen LogP contribution in [0.1, 0.15) is 12.5 Å². The molecule has 3 heteroatoms.